The highest BCUT2D eigenvalue weighted by Gasteiger charge is 2.27. The van der Waals surface area contributed by atoms with Crippen molar-refractivity contribution in [3.8, 4) is 11.5 Å². The van der Waals surface area contributed by atoms with E-state index >= 15 is 0 Å². The van der Waals surface area contributed by atoms with Crippen LogP contribution in [0.15, 0.2) is 71.6 Å². The van der Waals surface area contributed by atoms with Gasteiger partial charge in [0.05, 0.1) is 24.8 Å². The van der Waals surface area contributed by atoms with Crippen LogP contribution in [0.4, 0.5) is 10.8 Å². The monoisotopic (exact) mass is 632 g/mol. The number of anilines is 2. The Hall–Kier alpha value is -3.38. The van der Waals surface area contributed by atoms with Gasteiger partial charge in [-0.25, -0.2) is 13.4 Å². The molecule has 0 unspecified atom stereocenters. The van der Waals surface area contributed by atoms with Gasteiger partial charge in [0.25, 0.3) is 15.9 Å². The first-order chi connectivity index (χ1) is 19.8. The Morgan fingerprint density at radius 2 is 1.45 bits per heavy atom. The summed E-state index contributed by atoms with van der Waals surface area (Å²) in [5.74, 6) is 0.968. The third-order valence-electron chi connectivity index (χ3n) is 6.93. The minimum absolute atomic E-state index is 0. The zero-order valence-corrected chi connectivity index (χ0v) is 26.9. The molecule has 9 nitrogen and oxygen atoms in total. The number of thiazole rings is 1. The Balaban J connectivity index is 0.00000484. The van der Waals surface area contributed by atoms with Gasteiger partial charge >= 0.3 is 0 Å². The number of rotatable bonds is 13. The SMILES string of the molecule is CCN(CC)CCN(C(=O)c1ccc(S(=O)(=O)N(CC)c2ccccc2)cc1)c1nc2c(OC)ccc(OC)c2s1.Cl. The maximum absolute atomic E-state index is 13.9. The van der Waals surface area contributed by atoms with E-state index in [1.165, 1.54) is 27.8 Å². The molecule has 0 N–H and O–H groups in total. The first-order valence-corrected chi connectivity index (χ1v) is 15.8. The molecule has 0 radical (unpaired) electrons. The van der Waals surface area contributed by atoms with Gasteiger partial charge in [0, 0.05) is 25.2 Å². The average molecular weight is 633 g/mol. The van der Waals surface area contributed by atoms with Gasteiger partial charge < -0.3 is 14.4 Å². The van der Waals surface area contributed by atoms with Crippen molar-refractivity contribution in [2.75, 3.05) is 56.1 Å². The molecule has 0 aliphatic carbocycles. The topological polar surface area (TPSA) is 92.3 Å². The lowest BCUT2D eigenvalue weighted by Gasteiger charge is -2.25. The summed E-state index contributed by atoms with van der Waals surface area (Å²) in [6.45, 7) is 8.98. The van der Waals surface area contributed by atoms with Crippen molar-refractivity contribution >= 4 is 60.7 Å². The zero-order valence-electron chi connectivity index (χ0n) is 24.4. The number of carbonyl (C=O) groups excluding carboxylic acids is 1. The number of halogens is 1. The highest BCUT2D eigenvalue weighted by molar-refractivity contribution is 7.92. The van der Waals surface area contributed by atoms with Gasteiger partial charge in [-0.1, -0.05) is 43.4 Å². The standard InChI is InChI=1S/C30H36N4O5S2.ClH/c1-6-32(7-2)20-21-33(30-31-27-25(38-4)18-19-26(39-5)28(27)40-30)29(35)22-14-16-24(17-15-22)41(36,37)34(8-3)23-12-10-9-11-13-23;/h9-19H,6-8,20-21H2,1-5H3;1H. The van der Waals surface area contributed by atoms with Crippen LogP contribution >= 0.6 is 23.7 Å². The molecule has 3 aromatic carbocycles. The van der Waals surface area contributed by atoms with Crippen LogP contribution in [-0.4, -0.2) is 71.2 Å². The van der Waals surface area contributed by atoms with Crippen molar-refractivity contribution in [2.24, 2.45) is 0 Å². The molecule has 1 amide bonds. The lowest BCUT2D eigenvalue weighted by atomic mass is 10.2. The van der Waals surface area contributed by atoms with Crippen LogP contribution in [0, 0.1) is 0 Å². The first kappa shape index (κ1) is 33.1. The summed E-state index contributed by atoms with van der Waals surface area (Å²) >= 11 is 1.36. The fourth-order valence-electron chi connectivity index (χ4n) is 4.59. The molecule has 0 bridgehead atoms. The molecule has 0 aliphatic heterocycles. The predicted molar refractivity (Wildman–Crippen MR) is 173 cm³/mol. The molecule has 0 saturated carbocycles. The molecule has 0 spiro atoms. The Labute approximate surface area is 258 Å². The Kier molecular flexibility index (Phi) is 11.6. The van der Waals surface area contributed by atoms with E-state index in [-0.39, 0.29) is 29.8 Å². The number of benzene rings is 3. The van der Waals surface area contributed by atoms with E-state index in [1.807, 2.05) is 12.1 Å². The maximum atomic E-state index is 13.9. The number of hydrogen-bond acceptors (Lipinski definition) is 8. The summed E-state index contributed by atoms with van der Waals surface area (Å²) in [6, 6.07) is 18.7. The van der Waals surface area contributed by atoms with Crippen LogP contribution in [0.2, 0.25) is 0 Å². The molecular formula is C30H37ClN4O5S2. The molecule has 4 aromatic rings. The number of ether oxygens (including phenoxy) is 2. The molecule has 226 valence electrons. The van der Waals surface area contributed by atoms with E-state index in [0.717, 1.165) is 17.8 Å². The van der Waals surface area contributed by atoms with E-state index in [4.69, 9.17) is 14.5 Å². The third kappa shape index (κ3) is 6.81. The molecule has 0 atom stereocenters. The number of fused-ring (bicyclic) bond motifs is 1. The van der Waals surface area contributed by atoms with Crippen molar-refractivity contribution in [1.82, 2.24) is 9.88 Å². The van der Waals surface area contributed by atoms with Gasteiger partial charge in [-0.3, -0.25) is 14.0 Å². The smallest absolute Gasteiger partial charge is 0.264 e. The number of nitrogens with zero attached hydrogens (tertiary/aromatic N) is 4. The van der Waals surface area contributed by atoms with Crippen molar-refractivity contribution in [3.63, 3.8) is 0 Å². The van der Waals surface area contributed by atoms with E-state index < -0.39 is 10.0 Å². The van der Waals surface area contributed by atoms with Crippen LogP contribution in [0.1, 0.15) is 31.1 Å². The van der Waals surface area contributed by atoms with Gasteiger partial charge in [0.2, 0.25) is 0 Å². The molecule has 1 aromatic heterocycles. The van der Waals surface area contributed by atoms with Crippen molar-refractivity contribution < 1.29 is 22.7 Å². The summed E-state index contributed by atoms with van der Waals surface area (Å²) in [6.07, 6.45) is 0. The summed E-state index contributed by atoms with van der Waals surface area (Å²) in [5.41, 5.74) is 1.57. The van der Waals surface area contributed by atoms with Gasteiger partial charge in [0.1, 0.15) is 21.7 Å². The number of likely N-dealkylation sites (N-methyl/N-ethyl adjacent to an activating group) is 1. The van der Waals surface area contributed by atoms with Gasteiger partial charge in [-0.2, -0.15) is 0 Å². The highest BCUT2D eigenvalue weighted by Crippen LogP contribution is 2.40. The summed E-state index contributed by atoms with van der Waals surface area (Å²) in [5, 5.41) is 0.512. The first-order valence-electron chi connectivity index (χ1n) is 13.5. The predicted octanol–water partition coefficient (Wildman–Crippen LogP) is 5.94. The summed E-state index contributed by atoms with van der Waals surface area (Å²) in [4.78, 5) is 22.7. The van der Waals surface area contributed by atoms with E-state index in [0.29, 0.717) is 46.5 Å². The zero-order chi connectivity index (χ0) is 29.6. The molecule has 1 heterocycles. The van der Waals surface area contributed by atoms with Crippen molar-refractivity contribution in [1.29, 1.82) is 0 Å². The van der Waals surface area contributed by atoms with Crippen molar-refractivity contribution in [3.05, 3.63) is 72.3 Å². The number of sulfonamides is 1. The summed E-state index contributed by atoms with van der Waals surface area (Å²) < 4.78 is 40.1. The van der Waals surface area contributed by atoms with E-state index in [9.17, 15) is 13.2 Å². The second-order valence-electron chi connectivity index (χ2n) is 9.16. The van der Waals surface area contributed by atoms with Crippen LogP contribution in [0.3, 0.4) is 0 Å². The minimum Gasteiger partial charge on any atom is -0.495 e. The summed E-state index contributed by atoms with van der Waals surface area (Å²) in [7, 11) is -0.642. The van der Waals surface area contributed by atoms with Gasteiger partial charge in [-0.05, 0) is 68.5 Å². The van der Waals surface area contributed by atoms with Crippen LogP contribution in [-0.2, 0) is 10.0 Å². The molecule has 12 heteroatoms. The lowest BCUT2D eigenvalue weighted by molar-refractivity contribution is 0.0983. The molecule has 4 rings (SSSR count). The van der Waals surface area contributed by atoms with Crippen molar-refractivity contribution in [2.45, 2.75) is 25.7 Å². The lowest BCUT2D eigenvalue weighted by Crippen LogP contribution is -2.39. The third-order valence-corrected chi connectivity index (χ3v) is 9.94. The largest absolute Gasteiger partial charge is 0.495 e. The number of aromatic nitrogens is 1. The van der Waals surface area contributed by atoms with Gasteiger partial charge in [0.15, 0.2) is 5.13 Å². The maximum Gasteiger partial charge on any atom is 0.264 e. The van der Waals surface area contributed by atoms with Gasteiger partial charge in [-0.15, -0.1) is 12.4 Å². The number of para-hydroxylation sites is 1. The molecule has 0 fully saturated rings. The highest BCUT2D eigenvalue weighted by atomic mass is 35.5. The number of carbonyl (C=O) groups is 1. The normalized spacial score (nSPS) is 11.3. The fraction of sp³-hybridized carbons (Fsp3) is 0.333. The minimum atomic E-state index is -3.82. The average Bonchev–Trinajstić information content (AvgIpc) is 3.45. The van der Waals surface area contributed by atoms with E-state index in [1.54, 1.807) is 68.5 Å². The fourth-order valence-corrected chi connectivity index (χ4v) is 7.17. The molecule has 42 heavy (non-hydrogen) atoms. The number of methoxy groups -OCH3 is 2. The number of amides is 1. The number of hydrogen-bond donors (Lipinski definition) is 0. The van der Waals surface area contributed by atoms with Crippen LogP contribution in [0.25, 0.3) is 10.2 Å². The van der Waals surface area contributed by atoms with Crippen LogP contribution < -0.4 is 18.7 Å². The molecule has 0 saturated heterocycles. The molecule has 0 aliphatic rings. The Bertz CT molecular complexity index is 1540. The van der Waals surface area contributed by atoms with E-state index in [2.05, 4.69) is 18.7 Å². The second kappa shape index (κ2) is 14.7. The van der Waals surface area contributed by atoms with Crippen LogP contribution in [0.5, 0.6) is 11.5 Å². The quantitative estimate of drug-likeness (QED) is 0.180. The Morgan fingerprint density at radius 3 is 2.02 bits per heavy atom. The Morgan fingerprint density at radius 1 is 0.833 bits per heavy atom. The molecular weight excluding hydrogens is 596 g/mol. The second-order valence-corrected chi connectivity index (χ2v) is 12.0.